The van der Waals surface area contributed by atoms with Crippen molar-refractivity contribution in [2.75, 3.05) is 0 Å². The SMILES string of the molecule is Cc1cc(C#N)c(C)c(Oc2c(C(C)(F)C(F)F)ncn(Cc3c(C)cc(C)[nH]c3=O)c2=O)c1. The Morgan fingerprint density at radius 2 is 1.88 bits per heavy atom. The van der Waals surface area contributed by atoms with Gasteiger partial charge in [-0.1, -0.05) is 0 Å². The average Bonchev–Trinajstić information content (AvgIpc) is 2.74. The third-order valence-electron chi connectivity index (χ3n) is 5.53. The number of hydrogen-bond acceptors (Lipinski definition) is 5. The minimum absolute atomic E-state index is 0.0314. The van der Waals surface area contributed by atoms with Gasteiger partial charge < -0.3 is 9.72 Å². The molecule has 1 atom stereocenters. The number of rotatable bonds is 6. The van der Waals surface area contributed by atoms with Crippen LogP contribution in [0.25, 0.3) is 0 Å². The summed E-state index contributed by atoms with van der Waals surface area (Å²) in [5.74, 6) is -0.713. The van der Waals surface area contributed by atoms with Crippen LogP contribution in [0.5, 0.6) is 11.5 Å². The summed E-state index contributed by atoms with van der Waals surface area (Å²) in [7, 11) is 0. The highest BCUT2D eigenvalue weighted by Crippen LogP contribution is 2.37. The number of H-pyrrole nitrogens is 1. The van der Waals surface area contributed by atoms with E-state index in [9.17, 15) is 28.0 Å². The molecule has 2 heterocycles. The standard InChI is InChI=1S/C24H23F3N4O3/c1-12-6-16(9-28)15(4)18(7-12)34-19-20(24(5,27)23(25)26)29-11-31(22(19)33)10-17-13(2)8-14(3)30-21(17)32/h6-8,11,23H,10H2,1-5H3,(H,30,32). The van der Waals surface area contributed by atoms with E-state index in [4.69, 9.17) is 4.74 Å². The Bertz CT molecular complexity index is 1420. The molecule has 0 aliphatic carbocycles. The smallest absolute Gasteiger partial charge is 0.297 e. The van der Waals surface area contributed by atoms with Gasteiger partial charge in [-0.25, -0.2) is 18.2 Å². The number of pyridine rings is 1. The monoisotopic (exact) mass is 472 g/mol. The number of benzene rings is 1. The highest BCUT2D eigenvalue weighted by Gasteiger charge is 2.42. The summed E-state index contributed by atoms with van der Waals surface area (Å²) in [4.78, 5) is 32.2. The summed E-state index contributed by atoms with van der Waals surface area (Å²) < 4.78 is 48.7. The number of aryl methyl sites for hydroxylation is 3. The van der Waals surface area contributed by atoms with E-state index in [1.54, 1.807) is 39.8 Å². The van der Waals surface area contributed by atoms with Crippen molar-refractivity contribution in [1.82, 2.24) is 14.5 Å². The fourth-order valence-corrected chi connectivity index (χ4v) is 3.53. The number of aromatic amines is 1. The van der Waals surface area contributed by atoms with Crippen LogP contribution in [0.1, 0.15) is 46.1 Å². The second-order valence-electron chi connectivity index (χ2n) is 8.32. The van der Waals surface area contributed by atoms with Gasteiger partial charge in [-0.2, -0.15) is 5.26 Å². The zero-order chi connectivity index (χ0) is 25.4. The first kappa shape index (κ1) is 24.8. The number of alkyl halides is 3. The van der Waals surface area contributed by atoms with Crippen molar-refractivity contribution in [3.05, 3.63) is 84.4 Å². The van der Waals surface area contributed by atoms with Crippen molar-refractivity contribution in [3.63, 3.8) is 0 Å². The van der Waals surface area contributed by atoms with Crippen LogP contribution in [0, 0.1) is 39.0 Å². The largest absolute Gasteiger partial charge is 0.449 e. The Morgan fingerprint density at radius 3 is 2.47 bits per heavy atom. The summed E-state index contributed by atoms with van der Waals surface area (Å²) in [5, 5.41) is 9.35. The molecule has 34 heavy (non-hydrogen) atoms. The van der Waals surface area contributed by atoms with E-state index in [1.165, 1.54) is 6.07 Å². The van der Waals surface area contributed by atoms with E-state index in [2.05, 4.69) is 9.97 Å². The van der Waals surface area contributed by atoms with E-state index in [0.717, 1.165) is 10.9 Å². The van der Waals surface area contributed by atoms with Crippen molar-refractivity contribution < 1.29 is 17.9 Å². The van der Waals surface area contributed by atoms with Gasteiger partial charge in [-0.3, -0.25) is 14.2 Å². The lowest BCUT2D eigenvalue weighted by Gasteiger charge is -2.22. The molecule has 10 heteroatoms. The zero-order valence-electron chi connectivity index (χ0n) is 19.3. The molecule has 0 bridgehead atoms. The molecule has 0 saturated carbocycles. The lowest BCUT2D eigenvalue weighted by molar-refractivity contribution is -0.0301. The molecular weight excluding hydrogens is 449 g/mol. The molecule has 0 fully saturated rings. The minimum Gasteiger partial charge on any atom is -0.449 e. The Morgan fingerprint density at radius 1 is 1.21 bits per heavy atom. The van der Waals surface area contributed by atoms with Crippen molar-refractivity contribution in [2.24, 2.45) is 0 Å². The van der Waals surface area contributed by atoms with Crippen LogP contribution in [-0.2, 0) is 12.2 Å². The Kier molecular flexibility index (Phi) is 6.68. The third kappa shape index (κ3) is 4.59. The van der Waals surface area contributed by atoms with Crippen molar-refractivity contribution in [2.45, 2.75) is 53.3 Å². The predicted molar refractivity (Wildman–Crippen MR) is 119 cm³/mol. The lowest BCUT2D eigenvalue weighted by Crippen LogP contribution is -2.33. The number of aromatic nitrogens is 3. The van der Waals surface area contributed by atoms with Gasteiger partial charge in [0.25, 0.3) is 17.5 Å². The summed E-state index contributed by atoms with van der Waals surface area (Å²) >= 11 is 0. The van der Waals surface area contributed by atoms with Crippen LogP contribution in [0.4, 0.5) is 13.2 Å². The van der Waals surface area contributed by atoms with Gasteiger partial charge in [-0.15, -0.1) is 0 Å². The third-order valence-corrected chi connectivity index (χ3v) is 5.53. The molecule has 1 aromatic carbocycles. The number of nitrogens with zero attached hydrogens (tertiary/aromatic N) is 3. The Hall–Kier alpha value is -3.87. The van der Waals surface area contributed by atoms with Crippen LogP contribution in [0.3, 0.4) is 0 Å². The fourth-order valence-electron chi connectivity index (χ4n) is 3.53. The van der Waals surface area contributed by atoms with Crippen LogP contribution >= 0.6 is 0 Å². The summed E-state index contributed by atoms with van der Waals surface area (Å²) in [6, 6.07) is 6.80. The summed E-state index contributed by atoms with van der Waals surface area (Å²) in [6.45, 7) is 7.00. The van der Waals surface area contributed by atoms with E-state index < -0.39 is 34.7 Å². The maximum Gasteiger partial charge on any atom is 0.297 e. The van der Waals surface area contributed by atoms with Gasteiger partial charge in [0, 0.05) is 16.8 Å². The van der Waals surface area contributed by atoms with Gasteiger partial charge in [0.1, 0.15) is 11.4 Å². The number of ether oxygens (including phenoxy) is 1. The molecule has 1 N–H and O–H groups in total. The number of hydrogen-bond donors (Lipinski definition) is 1. The second kappa shape index (κ2) is 9.17. The van der Waals surface area contributed by atoms with Gasteiger partial charge in [-0.05, 0) is 63.9 Å². The molecule has 0 aliphatic heterocycles. The molecule has 3 aromatic rings. The molecular formula is C24H23F3N4O3. The van der Waals surface area contributed by atoms with Gasteiger partial charge in [0.15, 0.2) is 0 Å². The molecule has 0 radical (unpaired) electrons. The molecule has 0 saturated heterocycles. The van der Waals surface area contributed by atoms with Crippen LogP contribution in [0.15, 0.2) is 34.1 Å². The number of nitriles is 1. The summed E-state index contributed by atoms with van der Waals surface area (Å²) in [6.07, 6.45) is -2.58. The molecule has 2 aromatic heterocycles. The van der Waals surface area contributed by atoms with E-state index in [-0.39, 0.29) is 23.4 Å². The Labute approximate surface area is 193 Å². The average molecular weight is 472 g/mol. The molecule has 178 valence electrons. The quantitative estimate of drug-likeness (QED) is 0.576. The van der Waals surface area contributed by atoms with E-state index in [1.807, 2.05) is 6.07 Å². The molecule has 0 amide bonds. The van der Waals surface area contributed by atoms with Gasteiger partial charge in [0.2, 0.25) is 11.4 Å². The lowest BCUT2D eigenvalue weighted by atomic mass is 10.0. The maximum absolute atomic E-state index is 15.0. The zero-order valence-corrected chi connectivity index (χ0v) is 19.3. The molecule has 0 aliphatic rings. The molecule has 7 nitrogen and oxygen atoms in total. The summed E-state index contributed by atoms with van der Waals surface area (Å²) in [5.41, 5.74) is -2.85. The highest BCUT2D eigenvalue weighted by atomic mass is 19.3. The highest BCUT2D eigenvalue weighted by molar-refractivity contribution is 5.50. The maximum atomic E-state index is 15.0. The van der Waals surface area contributed by atoms with Gasteiger partial charge >= 0.3 is 0 Å². The van der Waals surface area contributed by atoms with Crippen LogP contribution in [0.2, 0.25) is 0 Å². The first-order chi connectivity index (χ1) is 15.9. The first-order valence-electron chi connectivity index (χ1n) is 10.3. The van der Waals surface area contributed by atoms with Crippen molar-refractivity contribution in [1.29, 1.82) is 5.26 Å². The minimum atomic E-state index is -3.49. The molecule has 0 spiro atoms. The number of halogens is 3. The molecule has 3 rings (SSSR count). The van der Waals surface area contributed by atoms with Crippen molar-refractivity contribution in [3.8, 4) is 17.6 Å². The van der Waals surface area contributed by atoms with Crippen LogP contribution in [-0.4, -0.2) is 21.0 Å². The van der Waals surface area contributed by atoms with Crippen molar-refractivity contribution >= 4 is 0 Å². The normalized spacial score (nSPS) is 12.9. The Balaban J connectivity index is 2.23. The topological polar surface area (TPSA) is 101 Å². The predicted octanol–water partition coefficient (Wildman–Crippen LogP) is 4.33. The van der Waals surface area contributed by atoms with Crippen LogP contribution < -0.4 is 15.9 Å². The number of nitrogens with one attached hydrogen (secondary N) is 1. The van der Waals surface area contributed by atoms with Gasteiger partial charge in [0.05, 0.1) is 24.5 Å². The van der Waals surface area contributed by atoms with E-state index >= 15 is 0 Å². The second-order valence-corrected chi connectivity index (χ2v) is 8.32. The van der Waals surface area contributed by atoms with E-state index in [0.29, 0.717) is 29.3 Å². The fraction of sp³-hybridized carbons (Fsp3) is 0.333. The first-order valence-corrected chi connectivity index (χ1v) is 10.3. The molecule has 1 unspecified atom stereocenters.